The molecule has 0 aromatic heterocycles. The number of amides is 2. The van der Waals surface area contributed by atoms with Crippen LogP contribution in [0.25, 0.3) is 0 Å². The van der Waals surface area contributed by atoms with Gasteiger partial charge in [-0.2, -0.15) is 4.31 Å². The summed E-state index contributed by atoms with van der Waals surface area (Å²) in [7, 11) is -3.69. The highest BCUT2D eigenvalue weighted by molar-refractivity contribution is 7.89. The predicted octanol–water partition coefficient (Wildman–Crippen LogP) is 2.28. The molecule has 0 atom stereocenters. The Bertz CT molecular complexity index is 1170. The van der Waals surface area contributed by atoms with Gasteiger partial charge in [-0.15, -0.1) is 0 Å². The van der Waals surface area contributed by atoms with Gasteiger partial charge in [-0.3, -0.25) is 9.59 Å². The highest BCUT2D eigenvalue weighted by atomic mass is 32.2. The average molecular weight is 458 g/mol. The smallest absolute Gasteiger partial charge is 0.244 e. The molecule has 0 spiro atoms. The van der Waals surface area contributed by atoms with Gasteiger partial charge in [-0.05, 0) is 56.2 Å². The number of fused-ring (bicyclic) bond motifs is 1. The van der Waals surface area contributed by atoms with E-state index >= 15 is 0 Å². The Hall–Kier alpha value is -2.75. The van der Waals surface area contributed by atoms with Crippen LogP contribution in [0.5, 0.6) is 0 Å². The Morgan fingerprint density at radius 2 is 1.81 bits per heavy atom. The van der Waals surface area contributed by atoms with E-state index in [1.807, 2.05) is 25.1 Å². The third-order valence-corrected chi connectivity index (χ3v) is 7.94. The lowest BCUT2D eigenvalue weighted by atomic mass is 9.86. The zero-order chi connectivity index (χ0) is 23.1. The SMILES string of the molecule is Cc1ccccc1NC(=O)CN1C(=O)C(C)(C)c2cc(S(=O)(=O)N3CCOCC3)ccc21. The van der Waals surface area contributed by atoms with Crippen molar-refractivity contribution in [1.82, 2.24) is 4.31 Å². The van der Waals surface area contributed by atoms with Crippen LogP contribution in [0.15, 0.2) is 47.4 Å². The molecule has 0 unspecified atom stereocenters. The van der Waals surface area contributed by atoms with E-state index < -0.39 is 15.4 Å². The molecule has 2 aromatic rings. The largest absolute Gasteiger partial charge is 0.379 e. The molecule has 1 N–H and O–H groups in total. The molecule has 170 valence electrons. The number of hydrogen-bond acceptors (Lipinski definition) is 5. The topological polar surface area (TPSA) is 96.0 Å². The lowest BCUT2D eigenvalue weighted by Gasteiger charge is -2.26. The second-order valence-electron chi connectivity index (χ2n) is 8.57. The molecule has 0 radical (unpaired) electrons. The molecule has 32 heavy (non-hydrogen) atoms. The van der Waals surface area contributed by atoms with Gasteiger partial charge in [-0.25, -0.2) is 8.42 Å². The van der Waals surface area contributed by atoms with Crippen LogP contribution in [0.2, 0.25) is 0 Å². The van der Waals surface area contributed by atoms with E-state index in [0.29, 0.717) is 43.2 Å². The zero-order valence-electron chi connectivity index (χ0n) is 18.4. The monoisotopic (exact) mass is 457 g/mol. The minimum atomic E-state index is -3.69. The highest BCUT2D eigenvalue weighted by Crippen LogP contribution is 2.42. The number of hydrogen-bond donors (Lipinski definition) is 1. The molecule has 2 aromatic carbocycles. The Morgan fingerprint density at radius 3 is 2.50 bits per heavy atom. The van der Waals surface area contributed by atoms with Gasteiger partial charge in [0.25, 0.3) is 0 Å². The number of ether oxygens (including phenoxy) is 1. The number of benzene rings is 2. The third kappa shape index (κ3) is 3.92. The maximum atomic E-state index is 13.2. The molecule has 2 aliphatic heterocycles. The van der Waals surface area contributed by atoms with Crippen molar-refractivity contribution in [2.45, 2.75) is 31.1 Å². The van der Waals surface area contributed by atoms with Crippen LogP contribution in [0, 0.1) is 6.92 Å². The van der Waals surface area contributed by atoms with Gasteiger partial charge >= 0.3 is 0 Å². The first-order valence-electron chi connectivity index (χ1n) is 10.5. The summed E-state index contributed by atoms with van der Waals surface area (Å²) in [4.78, 5) is 27.4. The van der Waals surface area contributed by atoms with Crippen LogP contribution < -0.4 is 10.2 Å². The van der Waals surface area contributed by atoms with Crippen molar-refractivity contribution in [2.75, 3.05) is 43.1 Å². The molecule has 9 heteroatoms. The Morgan fingerprint density at radius 1 is 1.12 bits per heavy atom. The van der Waals surface area contributed by atoms with Crippen molar-refractivity contribution in [3.05, 3.63) is 53.6 Å². The Labute approximate surface area is 188 Å². The number of carbonyl (C=O) groups excluding carboxylic acids is 2. The molecule has 1 fully saturated rings. The number of para-hydroxylation sites is 1. The van der Waals surface area contributed by atoms with E-state index in [4.69, 9.17) is 4.74 Å². The molecular formula is C23H27N3O5S. The molecule has 1 saturated heterocycles. The van der Waals surface area contributed by atoms with Gasteiger partial charge in [0.15, 0.2) is 0 Å². The van der Waals surface area contributed by atoms with Crippen molar-refractivity contribution in [3.63, 3.8) is 0 Å². The summed E-state index contributed by atoms with van der Waals surface area (Å²) >= 11 is 0. The first kappa shape index (κ1) is 22.4. The van der Waals surface area contributed by atoms with Crippen LogP contribution in [0.3, 0.4) is 0 Å². The predicted molar refractivity (Wildman–Crippen MR) is 121 cm³/mol. The van der Waals surface area contributed by atoms with Gasteiger partial charge < -0.3 is 15.0 Å². The molecule has 2 aliphatic rings. The van der Waals surface area contributed by atoms with Gasteiger partial charge in [0.1, 0.15) is 6.54 Å². The first-order chi connectivity index (χ1) is 15.1. The van der Waals surface area contributed by atoms with Crippen LogP contribution in [0.4, 0.5) is 11.4 Å². The van der Waals surface area contributed by atoms with Gasteiger partial charge in [0, 0.05) is 24.5 Å². The van der Waals surface area contributed by atoms with E-state index in [0.717, 1.165) is 5.56 Å². The summed E-state index contributed by atoms with van der Waals surface area (Å²) in [6.07, 6.45) is 0. The number of sulfonamides is 1. The van der Waals surface area contributed by atoms with Crippen LogP contribution in [-0.4, -0.2) is 57.4 Å². The Balaban J connectivity index is 1.61. The van der Waals surface area contributed by atoms with Gasteiger partial charge in [0.2, 0.25) is 21.8 Å². The van der Waals surface area contributed by atoms with E-state index in [9.17, 15) is 18.0 Å². The lowest BCUT2D eigenvalue weighted by Crippen LogP contribution is -2.41. The maximum absolute atomic E-state index is 13.2. The quantitative estimate of drug-likeness (QED) is 0.743. The van der Waals surface area contributed by atoms with Crippen LogP contribution in [-0.2, 0) is 29.8 Å². The van der Waals surface area contributed by atoms with Crippen LogP contribution >= 0.6 is 0 Å². The summed E-state index contributed by atoms with van der Waals surface area (Å²) in [6.45, 7) is 6.55. The second kappa shape index (κ2) is 8.31. The van der Waals surface area contributed by atoms with E-state index in [-0.39, 0.29) is 23.3 Å². The number of nitrogens with zero attached hydrogens (tertiary/aromatic N) is 2. The molecule has 2 heterocycles. The van der Waals surface area contributed by atoms with Crippen molar-refractivity contribution in [1.29, 1.82) is 0 Å². The molecule has 0 saturated carbocycles. The zero-order valence-corrected chi connectivity index (χ0v) is 19.2. The van der Waals surface area contributed by atoms with Crippen molar-refractivity contribution in [2.24, 2.45) is 0 Å². The summed E-state index contributed by atoms with van der Waals surface area (Å²) < 4.78 is 32.8. The van der Waals surface area contributed by atoms with Crippen molar-refractivity contribution >= 4 is 33.2 Å². The number of anilines is 2. The molecule has 4 rings (SSSR count). The van der Waals surface area contributed by atoms with Crippen molar-refractivity contribution in [3.8, 4) is 0 Å². The maximum Gasteiger partial charge on any atom is 0.244 e. The Kier molecular flexibility index (Phi) is 5.83. The van der Waals surface area contributed by atoms with E-state index in [1.54, 1.807) is 32.0 Å². The fourth-order valence-corrected chi connectivity index (χ4v) is 5.55. The van der Waals surface area contributed by atoms with Crippen LogP contribution in [0.1, 0.15) is 25.0 Å². The first-order valence-corrected chi connectivity index (χ1v) is 12.0. The number of morpholine rings is 1. The van der Waals surface area contributed by atoms with Crippen molar-refractivity contribution < 1.29 is 22.7 Å². The standard InChI is InChI=1S/C23H27N3O5S/c1-16-6-4-5-7-19(16)24-21(27)15-26-20-9-8-17(14-18(20)23(2,3)22(26)28)32(29,30)25-10-12-31-13-11-25/h4-9,14H,10-13,15H2,1-3H3,(H,24,27). The minimum absolute atomic E-state index is 0.144. The number of carbonyl (C=O) groups is 2. The minimum Gasteiger partial charge on any atom is -0.379 e. The molecule has 0 aliphatic carbocycles. The number of rotatable bonds is 5. The second-order valence-corrected chi connectivity index (χ2v) is 10.5. The van der Waals surface area contributed by atoms with E-state index in [2.05, 4.69) is 5.32 Å². The fraction of sp³-hybridized carbons (Fsp3) is 0.391. The number of nitrogens with one attached hydrogen (secondary N) is 1. The van der Waals surface area contributed by atoms with Gasteiger partial charge in [-0.1, -0.05) is 18.2 Å². The normalized spacial score (nSPS) is 18.5. The summed E-state index contributed by atoms with van der Waals surface area (Å²) in [6, 6.07) is 12.1. The fourth-order valence-electron chi connectivity index (χ4n) is 4.11. The lowest BCUT2D eigenvalue weighted by molar-refractivity contribution is -0.124. The number of aryl methyl sites for hydroxylation is 1. The molecule has 8 nitrogen and oxygen atoms in total. The van der Waals surface area contributed by atoms with E-state index in [1.165, 1.54) is 15.3 Å². The molecular weight excluding hydrogens is 430 g/mol. The van der Waals surface area contributed by atoms with Gasteiger partial charge in [0.05, 0.1) is 23.5 Å². The summed E-state index contributed by atoms with van der Waals surface area (Å²) in [5.74, 6) is -0.560. The average Bonchev–Trinajstić information content (AvgIpc) is 2.96. The summed E-state index contributed by atoms with van der Waals surface area (Å²) in [5.41, 5.74) is 1.82. The molecule has 2 amide bonds. The molecule has 0 bridgehead atoms. The summed E-state index contributed by atoms with van der Waals surface area (Å²) in [5, 5.41) is 2.85. The third-order valence-electron chi connectivity index (χ3n) is 6.04. The highest BCUT2D eigenvalue weighted by Gasteiger charge is 2.45.